The minimum atomic E-state index is -0.180. The maximum absolute atomic E-state index is 12.2. The van der Waals surface area contributed by atoms with Crippen molar-refractivity contribution in [3.8, 4) is 5.75 Å². The van der Waals surface area contributed by atoms with Crippen LogP contribution < -0.4 is 0 Å². The van der Waals surface area contributed by atoms with Gasteiger partial charge in [0, 0.05) is 13.1 Å². The van der Waals surface area contributed by atoms with E-state index in [9.17, 15) is 9.90 Å². The Bertz CT molecular complexity index is 635. The number of rotatable bonds is 1. The van der Waals surface area contributed by atoms with Gasteiger partial charge in [0.05, 0.1) is 0 Å². The predicted molar refractivity (Wildman–Crippen MR) is 70.3 cm³/mol. The fraction of sp³-hybridized carbons (Fsp3) is 0.214. The van der Waals surface area contributed by atoms with Crippen LogP contribution in [0.4, 0.5) is 0 Å². The van der Waals surface area contributed by atoms with E-state index in [2.05, 4.69) is 0 Å². The molecule has 1 aromatic carbocycles. The number of amides is 1. The van der Waals surface area contributed by atoms with Crippen LogP contribution in [0, 0.1) is 0 Å². The third-order valence-corrected chi connectivity index (χ3v) is 3.48. The molecule has 0 aliphatic carbocycles. The zero-order valence-corrected chi connectivity index (χ0v) is 10.9. The molecule has 1 amide bonds. The first-order valence-electron chi connectivity index (χ1n) is 5.99. The van der Waals surface area contributed by atoms with Crippen LogP contribution in [0.5, 0.6) is 5.75 Å². The summed E-state index contributed by atoms with van der Waals surface area (Å²) in [6, 6.07) is 8.39. The van der Waals surface area contributed by atoms with Gasteiger partial charge in [-0.1, -0.05) is 6.07 Å². The van der Waals surface area contributed by atoms with E-state index >= 15 is 0 Å². The number of phenols is 1. The molecule has 19 heavy (non-hydrogen) atoms. The third kappa shape index (κ3) is 2.31. The Labute approximate surface area is 115 Å². The normalized spacial score (nSPS) is 14.3. The molecule has 98 valence electrons. The largest absolute Gasteiger partial charge is 0.508 e. The van der Waals surface area contributed by atoms with Crippen molar-refractivity contribution >= 4 is 17.5 Å². The summed E-state index contributed by atoms with van der Waals surface area (Å²) in [7, 11) is 0. The van der Waals surface area contributed by atoms with Crippen LogP contribution >= 0.6 is 11.6 Å². The van der Waals surface area contributed by atoms with Gasteiger partial charge in [-0.25, -0.2) is 0 Å². The Kier molecular flexibility index (Phi) is 2.95. The van der Waals surface area contributed by atoms with E-state index in [1.54, 1.807) is 29.2 Å². The first kappa shape index (κ1) is 12.1. The van der Waals surface area contributed by atoms with E-state index < -0.39 is 0 Å². The van der Waals surface area contributed by atoms with Crippen molar-refractivity contribution in [2.45, 2.75) is 13.0 Å². The summed E-state index contributed by atoms with van der Waals surface area (Å²) in [6.07, 6.45) is 0.774. The highest BCUT2D eigenvalue weighted by molar-refractivity contribution is 6.29. The summed E-state index contributed by atoms with van der Waals surface area (Å²) in [5.41, 5.74) is 2.14. The predicted octanol–water partition coefficient (Wildman–Crippen LogP) is 2.84. The van der Waals surface area contributed by atoms with Gasteiger partial charge >= 0.3 is 0 Å². The van der Waals surface area contributed by atoms with E-state index in [1.165, 1.54) is 5.56 Å². The van der Waals surface area contributed by atoms with Crippen molar-refractivity contribution < 1.29 is 14.3 Å². The lowest BCUT2D eigenvalue weighted by molar-refractivity contribution is 0.0702. The van der Waals surface area contributed by atoms with Gasteiger partial charge in [0.15, 0.2) is 11.0 Å². The Hall–Kier alpha value is -1.94. The van der Waals surface area contributed by atoms with E-state index in [4.69, 9.17) is 16.0 Å². The SMILES string of the molecule is O=C(c1ccc(Cl)o1)N1CCc2ccc(O)cc2C1. The molecule has 1 aliphatic rings. The van der Waals surface area contributed by atoms with Crippen LogP contribution in [0.1, 0.15) is 21.7 Å². The van der Waals surface area contributed by atoms with Gasteiger partial charge in [0.2, 0.25) is 0 Å². The Morgan fingerprint density at radius 2 is 2.11 bits per heavy atom. The molecule has 1 aromatic heterocycles. The van der Waals surface area contributed by atoms with Gasteiger partial charge < -0.3 is 14.4 Å². The Morgan fingerprint density at radius 3 is 2.84 bits per heavy atom. The van der Waals surface area contributed by atoms with Crippen LogP contribution in [-0.2, 0) is 13.0 Å². The number of nitrogens with zero attached hydrogens (tertiary/aromatic N) is 1. The quantitative estimate of drug-likeness (QED) is 0.872. The van der Waals surface area contributed by atoms with Gasteiger partial charge in [0.1, 0.15) is 5.75 Å². The number of hydrogen-bond acceptors (Lipinski definition) is 3. The second-order valence-electron chi connectivity index (χ2n) is 4.53. The minimum absolute atomic E-state index is 0.180. The van der Waals surface area contributed by atoms with Gasteiger partial charge in [-0.2, -0.15) is 0 Å². The molecule has 3 rings (SSSR count). The van der Waals surface area contributed by atoms with Crippen molar-refractivity contribution in [1.82, 2.24) is 4.90 Å². The minimum Gasteiger partial charge on any atom is -0.508 e. The summed E-state index contributed by atoms with van der Waals surface area (Å²) in [6.45, 7) is 1.11. The van der Waals surface area contributed by atoms with Crippen LogP contribution in [0.25, 0.3) is 0 Å². The van der Waals surface area contributed by atoms with Crippen molar-refractivity contribution in [2.24, 2.45) is 0 Å². The topological polar surface area (TPSA) is 53.7 Å². The zero-order chi connectivity index (χ0) is 13.4. The first-order valence-corrected chi connectivity index (χ1v) is 6.36. The smallest absolute Gasteiger partial charge is 0.289 e. The number of hydrogen-bond donors (Lipinski definition) is 1. The molecule has 1 aliphatic heterocycles. The number of carbonyl (C=O) groups is 1. The number of fused-ring (bicyclic) bond motifs is 1. The van der Waals surface area contributed by atoms with Crippen molar-refractivity contribution in [3.05, 3.63) is 52.4 Å². The summed E-state index contributed by atoms with van der Waals surface area (Å²) >= 11 is 5.67. The third-order valence-electron chi connectivity index (χ3n) is 3.27. The lowest BCUT2D eigenvalue weighted by Crippen LogP contribution is -2.35. The van der Waals surface area contributed by atoms with Crippen LogP contribution in [0.15, 0.2) is 34.7 Å². The van der Waals surface area contributed by atoms with E-state index in [0.29, 0.717) is 13.1 Å². The maximum atomic E-state index is 12.2. The summed E-state index contributed by atoms with van der Waals surface area (Å²) < 4.78 is 5.14. The molecule has 1 N–H and O–H groups in total. The molecule has 0 bridgehead atoms. The molecule has 5 heteroatoms. The van der Waals surface area contributed by atoms with Crippen molar-refractivity contribution in [3.63, 3.8) is 0 Å². The number of furan rings is 1. The summed E-state index contributed by atoms with van der Waals surface area (Å²) in [4.78, 5) is 13.9. The number of phenolic OH excluding ortho intramolecular Hbond substituents is 1. The molecule has 4 nitrogen and oxygen atoms in total. The second kappa shape index (κ2) is 4.63. The first-order chi connectivity index (χ1) is 9.13. The van der Waals surface area contributed by atoms with Crippen LogP contribution in [-0.4, -0.2) is 22.5 Å². The summed E-state index contributed by atoms with van der Waals surface area (Å²) in [5, 5.41) is 9.70. The lowest BCUT2D eigenvalue weighted by atomic mass is 9.99. The molecule has 0 saturated carbocycles. The molecule has 0 atom stereocenters. The molecule has 0 fully saturated rings. The maximum Gasteiger partial charge on any atom is 0.289 e. The number of benzene rings is 1. The molecule has 0 radical (unpaired) electrons. The fourth-order valence-electron chi connectivity index (χ4n) is 2.30. The van der Waals surface area contributed by atoms with Crippen LogP contribution in [0.3, 0.4) is 0 Å². The van der Waals surface area contributed by atoms with Gasteiger partial charge in [0.25, 0.3) is 5.91 Å². The van der Waals surface area contributed by atoms with Crippen molar-refractivity contribution in [2.75, 3.05) is 6.54 Å². The van der Waals surface area contributed by atoms with E-state index in [1.807, 2.05) is 6.07 Å². The molecule has 0 spiro atoms. The number of carbonyl (C=O) groups excluding carboxylic acids is 1. The molecular formula is C14H12ClNO3. The monoisotopic (exact) mass is 277 g/mol. The standard InChI is InChI=1S/C14H12ClNO3/c15-13-4-3-12(19-13)14(18)16-6-5-9-1-2-11(17)7-10(9)8-16/h1-4,7,17H,5-6,8H2. The average molecular weight is 278 g/mol. The highest BCUT2D eigenvalue weighted by Gasteiger charge is 2.24. The Balaban J connectivity index is 1.83. The van der Waals surface area contributed by atoms with E-state index in [0.717, 1.165) is 12.0 Å². The lowest BCUT2D eigenvalue weighted by Gasteiger charge is -2.28. The zero-order valence-electron chi connectivity index (χ0n) is 10.1. The Morgan fingerprint density at radius 1 is 1.26 bits per heavy atom. The van der Waals surface area contributed by atoms with Gasteiger partial charge in [-0.3, -0.25) is 4.79 Å². The average Bonchev–Trinajstić information content (AvgIpc) is 2.83. The number of aromatic hydroxyl groups is 1. The van der Waals surface area contributed by atoms with Crippen molar-refractivity contribution in [1.29, 1.82) is 0 Å². The number of halogens is 1. The molecule has 2 heterocycles. The molecular weight excluding hydrogens is 266 g/mol. The molecule has 0 saturated heterocycles. The van der Waals surface area contributed by atoms with Gasteiger partial charge in [-0.15, -0.1) is 0 Å². The second-order valence-corrected chi connectivity index (χ2v) is 4.91. The fourth-order valence-corrected chi connectivity index (χ4v) is 2.45. The van der Waals surface area contributed by atoms with E-state index in [-0.39, 0.29) is 22.6 Å². The summed E-state index contributed by atoms with van der Waals surface area (Å²) in [5.74, 6) is 0.281. The molecule has 2 aromatic rings. The van der Waals surface area contributed by atoms with Gasteiger partial charge in [-0.05, 0) is 53.4 Å². The highest BCUT2D eigenvalue weighted by Crippen LogP contribution is 2.25. The van der Waals surface area contributed by atoms with Crippen LogP contribution in [0.2, 0.25) is 5.22 Å². The highest BCUT2D eigenvalue weighted by atomic mass is 35.5. The molecule has 0 unspecified atom stereocenters.